The molecule has 0 saturated carbocycles. The van der Waals surface area contributed by atoms with Gasteiger partial charge in [0.2, 0.25) is 5.91 Å². The van der Waals surface area contributed by atoms with E-state index in [0.717, 1.165) is 38.4 Å². The Hall–Kier alpha value is -1.20. The number of carbonyl (C=O) groups is 1. The summed E-state index contributed by atoms with van der Waals surface area (Å²) in [5.74, 6) is -0.723. The first-order chi connectivity index (χ1) is 11.3. The molecule has 1 aliphatic heterocycles. The maximum absolute atomic E-state index is 14.2. The minimum absolute atomic E-state index is 0. The zero-order chi connectivity index (χ0) is 17.7. The number of hydrogen-bond donors (Lipinski definition) is 2. The van der Waals surface area contributed by atoms with Gasteiger partial charge in [0.15, 0.2) is 0 Å². The third kappa shape index (κ3) is 6.55. The van der Waals surface area contributed by atoms with Gasteiger partial charge in [-0.2, -0.15) is 0 Å². The molecule has 1 unspecified atom stereocenters. The van der Waals surface area contributed by atoms with Crippen molar-refractivity contribution in [1.29, 1.82) is 0 Å². The summed E-state index contributed by atoms with van der Waals surface area (Å²) in [5, 5.41) is 6.27. The van der Waals surface area contributed by atoms with Crippen molar-refractivity contribution in [2.45, 2.75) is 52.5 Å². The van der Waals surface area contributed by atoms with Crippen LogP contribution in [0.5, 0.6) is 0 Å². The van der Waals surface area contributed by atoms with Crippen LogP contribution in [-0.4, -0.2) is 19.0 Å². The zero-order valence-corrected chi connectivity index (χ0v) is 16.0. The number of benzene rings is 1. The number of halogens is 3. The van der Waals surface area contributed by atoms with Gasteiger partial charge < -0.3 is 10.6 Å². The Balaban J connectivity index is 0.00000312. The Morgan fingerprint density at radius 2 is 1.92 bits per heavy atom. The second kappa shape index (κ2) is 9.48. The van der Waals surface area contributed by atoms with Gasteiger partial charge in [-0.1, -0.05) is 26.8 Å². The average Bonchev–Trinajstić information content (AvgIpc) is 2.51. The average molecular weight is 375 g/mol. The molecule has 1 fully saturated rings. The number of hydrogen-bond acceptors (Lipinski definition) is 2. The van der Waals surface area contributed by atoms with Crippen molar-refractivity contribution in [3.05, 3.63) is 35.4 Å². The number of nitrogens with one attached hydrogen (secondary N) is 2. The summed E-state index contributed by atoms with van der Waals surface area (Å²) >= 11 is 0. The summed E-state index contributed by atoms with van der Waals surface area (Å²) in [6, 6.07) is 3.04. The lowest BCUT2D eigenvalue weighted by molar-refractivity contribution is -0.123. The van der Waals surface area contributed by atoms with Crippen LogP contribution in [0, 0.1) is 23.0 Å². The first kappa shape index (κ1) is 21.8. The van der Waals surface area contributed by atoms with Gasteiger partial charge in [-0.15, -0.1) is 12.4 Å². The summed E-state index contributed by atoms with van der Waals surface area (Å²) in [6.07, 6.45) is 3.50. The fourth-order valence-electron chi connectivity index (χ4n) is 3.24. The van der Waals surface area contributed by atoms with Gasteiger partial charge in [0.25, 0.3) is 0 Å². The van der Waals surface area contributed by atoms with Crippen LogP contribution in [-0.2, 0) is 4.79 Å². The fourth-order valence-corrected chi connectivity index (χ4v) is 3.24. The maximum atomic E-state index is 14.2. The van der Waals surface area contributed by atoms with Crippen molar-refractivity contribution >= 4 is 18.3 Å². The Morgan fingerprint density at radius 1 is 1.28 bits per heavy atom. The molecule has 3 nitrogen and oxygen atoms in total. The van der Waals surface area contributed by atoms with Gasteiger partial charge in [0, 0.05) is 18.1 Å². The quantitative estimate of drug-likeness (QED) is 0.803. The molecule has 0 bridgehead atoms. The standard InChI is InChI=1S/C19H28F2N2O.ClH/c1-19(2,3)18(15-6-5-14(20)12-16(15)21)23-17(24)7-4-13-8-10-22-11-9-13;/h5-6,12-13,18,22H,4,7-11H2,1-3H3,(H,23,24);1H. The molecular weight excluding hydrogens is 346 g/mol. The Morgan fingerprint density at radius 3 is 2.48 bits per heavy atom. The van der Waals surface area contributed by atoms with Gasteiger partial charge in [0.05, 0.1) is 6.04 Å². The highest BCUT2D eigenvalue weighted by Crippen LogP contribution is 2.34. The Labute approximate surface area is 155 Å². The highest BCUT2D eigenvalue weighted by Gasteiger charge is 2.30. The molecule has 1 atom stereocenters. The van der Waals surface area contributed by atoms with Gasteiger partial charge in [-0.25, -0.2) is 8.78 Å². The molecule has 0 spiro atoms. The van der Waals surface area contributed by atoms with Crippen LogP contribution >= 0.6 is 12.4 Å². The molecule has 2 N–H and O–H groups in total. The SMILES string of the molecule is CC(C)(C)C(NC(=O)CCC1CCNCC1)c1ccc(F)cc1F.Cl. The van der Waals surface area contributed by atoms with Crippen LogP contribution < -0.4 is 10.6 Å². The van der Waals surface area contributed by atoms with E-state index in [0.29, 0.717) is 17.9 Å². The molecule has 1 aliphatic rings. The van der Waals surface area contributed by atoms with E-state index in [1.54, 1.807) is 0 Å². The summed E-state index contributed by atoms with van der Waals surface area (Å²) in [4.78, 5) is 12.4. The molecule has 0 aliphatic carbocycles. The molecule has 1 aromatic carbocycles. The van der Waals surface area contributed by atoms with Gasteiger partial charge in [-0.05, 0) is 49.8 Å². The summed E-state index contributed by atoms with van der Waals surface area (Å²) in [6.45, 7) is 7.84. The van der Waals surface area contributed by atoms with Crippen LogP contribution in [0.3, 0.4) is 0 Å². The van der Waals surface area contributed by atoms with Crippen LogP contribution in [0.15, 0.2) is 18.2 Å². The van der Waals surface area contributed by atoms with Gasteiger partial charge in [0.1, 0.15) is 11.6 Å². The molecule has 142 valence electrons. The normalized spacial score (nSPS) is 16.8. The summed E-state index contributed by atoms with van der Waals surface area (Å²) < 4.78 is 27.3. The second-order valence-corrected chi connectivity index (χ2v) is 7.76. The Kier molecular flexibility index (Phi) is 8.29. The second-order valence-electron chi connectivity index (χ2n) is 7.76. The van der Waals surface area contributed by atoms with E-state index in [-0.39, 0.29) is 23.7 Å². The van der Waals surface area contributed by atoms with Crippen LogP contribution in [0.1, 0.15) is 58.1 Å². The molecule has 1 saturated heterocycles. The lowest BCUT2D eigenvalue weighted by Gasteiger charge is -2.32. The molecule has 1 heterocycles. The fraction of sp³-hybridized carbons (Fsp3) is 0.632. The molecule has 0 aromatic heterocycles. The molecule has 1 amide bonds. The van der Waals surface area contributed by atoms with Crippen molar-refractivity contribution in [1.82, 2.24) is 10.6 Å². The maximum Gasteiger partial charge on any atom is 0.220 e. The van der Waals surface area contributed by atoms with E-state index in [1.807, 2.05) is 20.8 Å². The number of amides is 1. The topological polar surface area (TPSA) is 41.1 Å². The molecule has 2 rings (SSSR count). The molecule has 25 heavy (non-hydrogen) atoms. The van der Waals surface area contributed by atoms with E-state index >= 15 is 0 Å². The molecule has 1 aromatic rings. The highest BCUT2D eigenvalue weighted by atomic mass is 35.5. The first-order valence-electron chi connectivity index (χ1n) is 8.72. The number of carbonyl (C=O) groups excluding carboxylic acids is 1. The zero-order valence-electron chi connectivity index (χ0n) is 15.2. The van der Waals surface area contributed by atoms with Gasteiger partial charge in [-0.3, -0.25) is 4.79 Å². The van der Waals surface area contributed by atoms with Gasteiger partial charge >= 0.3 is 0 Å². The van der Waals surface area contributed by atoms with Crippen molar-refractivity contribution in [2.24, 2.45) is 11.3 Å². The smallest absolute Gasteiger partial charge is 0.220 e. The number of rotatable bonds is 5. The lowest BCUT2D eigenvalue weighted by atomic mass is 9.82. The molecule has 0 radical (unpaired) electrons. The summed E-state index contributed by atoms with van der Waals surface area (Å²) in [7, 11) is 0. The van der Waals surface area contributed by atoms with E-state index in [2.05, 4.69) is 10.6 Å². The predicted molar refractivity (Wildman–Crippen MR) is 98.8 cm³/mol. The lowest BCUT2D eigenvalue weighted by Crippen LogP contribution is -2.37. The predicted octanol–water partition coefficient (Wildman–Crippen LogP) is 4.37. The highest BCUT2D eigenvalue weighted by molar-refractivity contribution is 5.85. The van der Waals surface area contributed by atoms with E-state index in [9.17, 15) is 13.6 Å². The third-order valence-corrected chi connectivity index (χ3v) is 4.68. The van der Waals surface area contributed by atoms with Crippen molar-refractivity contribution in [3.8, 4) is 0 Å². The first-order valence-corrected chi connectivity index (χ1v) is 8.72. The van der Waals surface area contributed by atoms with E-state index in [1.165, 1.54) is 12.1 Å². The van der Waals surface area contributed by atoms with Crippen molar-refractivity contribution < 1.29 is 13.6 Å². The largest absolute Gasteiger partial charge is 0.349 e. The van der Waals surface area contributed by atoms with Crippen LogP contribution in [0.2, 0.25) is 0 Å². The number of piperidine rings is 1. The minimum atomic E-state index is -0.617. The van der Waals surface area contributed by atoms with E-state index < -0.39 is 17.7 Å². The van der Waals surface area contributed by atoms with Crippen LogP contribution in [0.4, 0.5) is 8.78 Å². The monoisotopic (exact) mass is 374 g/mol. The van der Waals surface area contributed by atoms with Crippen LogP contribution in [0.25, 0.3) is 0 Å². The minimum Gasteiger partial charge on any atom is -0.349 e. The van der Waals surface area contributed by atoms with E-state index in [4.69, 9.17) is 0 Å². The molecule has 6 heteroatoms. The van der Waals surface area contributed by atoms with Crippen molar-refractivity contribution in [2.75, 3.05) is 13.1 Å². The summed E-state index contributed by atoms with van der Waals surface area (Å²) in [5.41, 5.74) is -0.0394. The third-order valence-electron chi connectivity index (χ3n) is 4.68. The Bertz CT molecular complexity index is 569. The van der Waals surface area contributed by atoms with Crippen molar-refractivity contribution in [3.63, 3.8) is 0 Å². The molecular formula is C19H29ClF2N2O.